The average Bonchev–Trinajstić information content (AvgIpc) is 2.73. The molecule has 0 aliphatic carbocycles. The van der Waals surface area contributed by atoms with E-state index in [1.54, 1.807) is 24.3 Å². The van der Waals surface area contributed by atoms with Gasteiger partial charge in [0.25, 0.3) is 0 Å². The highest BCUT2D eigenvalue weighted by Gasteiger charge is 2.49. The number of aromatic carboxylic acids is 1. The van der Waals surface area contributed by atoms with Crippen molar-refractivity contribution in [2.75, 3.05) is 0 Å². The fourth-order valence-electron chi connectivity index (χ4n) is 2.51. The zero-order valence-corrected chi connectivity index (χ0v) is 17.4. The monoisotopic (exact) mass is 487 g/mol. The molecule has 0 atom stereocenters. The molecule has 0 saturated carbocycles. The van der Waals surface area contributed by atoms with E-state index >= 15 is 0 Å². The minimum absolute atomic E-state index is 0.0698. The molecule has 32 heavy (non-hydrogen) atoms. The van der Waals surface area contributed by atoms with Gasteiger partial charge in [-0.15, -0.1) is 0 Å². The van der Waals surface area contributed by atoms with E-state index in [-0.39, 0.29) is 28.5 Å². The van der Waals surface area contributed by atoms with Gasteiger partial charge in [0.15, 0.2) is 0 Å². The van der Waals surface area contributed by atoms with Crippen molar-refractivity contribution in [1.82, 2.24) is 4.98 Å². The lowest BCUT2D eigenvalue weighted by Gasteiger charge is -2.14. The molecule has 0 spiro atoms. The number of hydrogen-bond donors (Lipinski definition) is 1. The molecule has 2 aromatic carbocycles. The predicted molar refractivity (Wildman–Crippen MR) is 108 cm³/mol. The Kier molecular flexibility index (Phi) is 6.60. The Hall–Kier alpha value is -3.31. The van der Waals surface area contributed by atoms with Crippen molar-refractivity contribution in [3.63, 3.8) is 0 Å². The Balaban J connectivity index is 2.03. The van der Waals surface area contributed by atoms with Gasteiger partial charge in [0.05, 0.1) is 10.6 Å². The molecule has 3 aromatic rings. The van der Waals surface area contributed by atoms with Gasteiger partial charge in [-0.3, -0.25) is 0 Å². The van der Waals surface area contributed by atoms with E-state index in [4.69, 9.17) is 16.3 Å². The van der Waals surface area contributed by atoms with Gasteiger partial charge >= 0.3 is 21.6 Å². The maximum Gasteiger partial charge on any atom is 0.534 e. The van der Waals surface area contributed by atoms with Crippen LogP contribution in [0, 0.1) is 0 Å². The van der Waals surface area contributed by atoms with Crippen LogP contribution in [-0.2, 0) is 16.7 Å². The molecular formula is C20H13ClF3NO6S. The normalized spacial score (nSPS) is 11.8. The van der Waals surface area contributed by atoms with Gasteiger partial charge in [0.2, 0.25) is 5.88 Å². The van der Waals surface area contributed by atoms with Crippen LogP contribution in [0.1, 0.15) is 15.9 Å². The van der Waals surface area contributed by atoms with Gasteiger partial charge in [-0.05, 0) is 29.3 Å². The molecule has 7 nitrogen and oxygen atoms in total. The Morgan fingerprint density at radius 2 is 1.78 bits per heavy atom. The van der Waals surface area contributed by atoms with Crippen LogP contribution in [0.15, 0.2) is 60.8 Å². The van der Waals surface area contributed by atoms with Gasteiger partial charge in [0, 0.05) is 11.8 Å². The van der Waals surface area contributed by atoms with Gasteiger partial charge in [-0.1, -0.05) is 48.0 Å². The lowest BCUT2D eigenvalue weighted by molar-refractivity contribution is -0.0501. The lowest BCUT2D eigenvalue weighted by atomic mass is 10.0. The number of halogens is 4. The minimum Gasteiger partial charge on any atom is -0.487 e. The van der Waals surface area contributed by atoms with Crippen LogP contribution in [-0.4, -0.2) is 30.0 Å². The molecule has 0 aliphatic heterocycles. The molecule has 0 aliphatic rings. The molecule has 3 rings (SSSR count). The van der Waals surface area contributed by atoms with E-state index in [9.17, 15) is 31.5 Å². The highest BCUT2D eigenvalue weighted by molar-refractivity contribution is 7.88. The first-order valence-electron chi connectivity index (χ1n) is 8.68. The number of pyridine rings is 1. The highest BCUT2D eigenvalue weighted by Crippen LogP contribution is 2.37. The molecule has 0 saturated heterocycles. The van der Waals surface area contributed by atoms with Gasteiger partial charge in [0.1, 0.15) is 12.4 Å². The number of alkyl halides is 3. The number of carboxylic acids is 1. The fraction of sp³-hybridized carbons (Fsp3) is 0.100. The lowest BCUT2D eigenvalue weighted by Crippen LogP contribution is -2.28. The molecular weight excluding hydrogens is 475 g/mol. The number of nitrogens with zero attached hydrogens (tertiary/aromatic N) is 1. The van der Waals surface area contributed by atoms with Crippen molar-refractivity contribution in [2.24, 2.45) is 0 Å². The summed E-state index contributed by atoms with van der Waals surface area (Å²) in [5.41, 5.74) is -5.55. The zero-order chi connectivity index (χ0) is 23.5. The van der Waals surface area contributed by atoms with Crippen LogP contribution in [0.25, 0.3) is 11.1 Å². The first-order chi connectivity index (χ1) is 15.0. The van der Waals surface area contributed by atoms with E-state index in [1.807, 2.05) is 6.07 Å². The quantitative estimate of drug-likeness (QED) is 0.373. The fourth-order valence-corrected chi connectivity index (χ4v) is 3.12. The van der Waals surface area contributed by atoms with E-state index in [0.717, 1.165) is 11.6 Å². The first-order valence-corrected chi connectivity index (χ1v) is 10.5. The second-order valence-electron chi connectivity index (χ2n) is 6.28. The zero-order valence-electron chi connectivity index (χ0n) is 15.8. The Labute approximate surface area is 185 Å². The maximum absolute atomic E-state index is 12.8. The highest BCUT2D eigenvalue weighted by atomic mass is 35.5. The molecule has 1 heterocycles. The largest absolute Gasteiger partial charge is 0.534 e. The van der Waals surface area contributed by atoms with Crippen molar-refractivity contribution in [3.05, 3.63) is 76.9 Å². The molecule has 168 valence electrons. The van der Waals surface area contributed by atoms with Crippen LogP contribution < -0.4 is 8.92 Å². The standard InChI is InChI=1S/C20H13ClF3NO6S/c21-16-7-6-13(9-17(16)30-11-12-4-2-1-3-5-12)15-8-14(19(26)27)10-25-18(15)31-32(28,29)20(22,23)24/h1-10H,11H2,(H,26,27). The van der Waals surface area contributed by atoms with Gasteiger partial charge in [-0.2, -0.15) is 21.6 Å². The molecule has 1 aromatic heterocycles. The Bertz CT molecular complexity index is 1250. The summed E-state index contributed by atoms with van der Waals surface area (Å²) >= 11 is 6.13. The summed E-state index contributed by atoms with van der Waals surface area (Å²) in [7, 11) is -6.05. The van der Waals surface area contributed by atoms with E-state index in [1.165, 1.54) is 18.2 Å². The average molecular weight is 488 g/mol. The molecule has 0 amide bonds. The molecule has 0 unspecified atom stereocenters. The minimum atomic E-state index is -6.05. The summed E-state index contributed by atoms with van der Waals surface area (Å²) in [6.45, 7) is 0.114. The van der Waals surface area contributed by atoms with Crippen LogP contribution in [0.3, 0.4) is 0 Å². The number of benzene rings is 2. The third kappa shape index (κ3) is 5.29. The van der Waals surface area contributed by atoms with E-state index in [2.05, 4.69) is 9.17 Å². The van der Waals surface area contributed by atoms with E-state index < -0.39 is 33.0 Å². The Morgan fingerprint density at radius 3 is 2.41 bits per heavy atom. The molecule has 12 heteroatoms. The molecule has 1 N–H and O–H groups in total. The second-order valence-corrected chi connectivity index (χ2v) is 8.23. The number of hydrogen-bond acceptors (Lipinski definition) is 6. The summed E-state index contributed by atoms with van der Waals surface area (Å²) in [5, 5.41) is 9.36. The van der Waals surface area contributed by atoms with Crippen molar-refractivity contribution in [2.45, 2.75) is 12.1 Å². The topological polar surface area (TPSA) is 103 Å². The SMILES string of the molecule is O=C(O)c1cnc(OS(=O)(=O)C(F)(F)F)c(-c2ccc(Cl)c(OCc3ccccc3)c2)c1. The van der Waals surface area contributed by atoms with Crippen molar-refractivity contribution in [1.29, 1.82) is 0 Å². The van der Waals surface area contributed by atoms with Gasteiger partial charge in [-0.25, -0.2) is 9.78 Å². The summed E-state index contributed by atoms with van der Waals surface area (Å²) < 4.78 is 71.0. The van der Waals surface area contributed by atoms with Crippen molar-refractivity contribution in [3.8, 4) is 22.8 Å². The predicted octanol–water partition coefficient (Wildman–Crippen LogP) is 4.91. The van der Waals surface area contributed by atoms with Crippen molar-refractivity contribution >= 4 is 27.7 Å². The van der Waals surface area contributed by atoms with Crippen LogP contribution in [0.2, 0.25) is 5.02 Å². The van der Waals surface area contributed by atoms with Crippen LogP contribution >= 0.6 is 11.6 Å². The third-order valence-corrected chi connectivity index (χ3v) is 5.31. The Morgan fingerprint density at radius 1 is 1.09 bits per heavy atom. The number of rotatable bonds is 7. The third-order valence-electron chi connectivity index (χ3n) is 4.05. The molecule has 0 radical (unpaired) electrons. The summed E-state index contributed by atoms with van der Waals surface area (Å²) in [5.74, 6) is -2.26. The van der Waals surface area contributed by atoms with Gasteiger partial charge < -0.3 is 14.0 Å². The summed E-state index contributed by atoms with van der Waals surface area (Å²) in [6.07, 6.45) is 0.676. The molecule has 0 fully saturated rings. The van der Waals surface area contributed by atoms with Crippen molar-refractivity contribution < 1.29 is 40.4 Å². The number of aromatic nitrogens is 1. The maximum atomic E-state index is 12.8. The van der Waals surface area contributed by atoms with Crippen LogP contribution in [0.4, 0.5) is 13.2 Å². The summed E-state index contributed by atoms with van der Waals surface area (Å²) in [6, 6.07) is 13.9. The van der Waals surface area contributed by atoms with E-state index in [0.29, 0.717) is 6.20 Å². The van der Waals surface area contributed by atoms with Crippen LogP contribution in [0.5, 0.6) is 11.6 Å². The second kappa shape index (κ2) is 9.05. The number of carbonyl (C=O) groups is 1. The summed E-state index contributed by atoms with van der Waals surface area (Å²) in [4.78, 5) is 14.8. The first kappa shape index (κ1) is 23.4. The number of carboxylic acid groups (broad SMARTS) is 1. The number of ether oxygens (including phenoxy) is 1. The molecule has 0 bridgehead atoms. The smallest absolute Gasteiger partial charge is 0.487 e.